The highest BCUT2D eigenvalue weighted by Crippen LogP contribution is 2.62. The molecular weight excluding hydrogens is 334 g/mol. The molecule has 0 spiro atoms. The first-order chi connectivity index (χ1) is 10.7. The highest BCUT2D eigenvalue weighted by molar-refractivity contribution is 7.67. The maximum Gasteiger partial charge on any atom is 0.475 e. The molecule has 5 nitrogen and oxygen atoms in total. The van der Waals surface area contributed by atoms with Gasteiger partial charge in [0.2, 0.25) is 7.37 Å². The van der Waals surface area contributed by atoms with Crippen molar-refractivity contribution in [1.82, 2.24) is 0 Å². The molecule has 2 unspecified atom stereocenters. The minimum absolute atomic E-state index is 0.205. The van der Waals surface area contributed by atoms with Gasteiger partial charge in [-0.1, -0.05) is 66.2 Å². The third-order valence-corrected chi connectivity index (χ3v) is 8.60. The average Bonchev–Trinajstić information content (AvgIpc) is 2.45. The Hall–Kier alpha value is 0.340. The lowest BCUT2D eigenvalue weighted by Gasteiger charge is -2.27. The molecule has 0 radical (unpaired) electrons. The van der Waals surface area contributed by atoms with Crippen molar-refractivity contribution in [1.29, 1.82) is 0 Å². The summed E-state index contributed by atoms with van der Waals surface area (Å²) in [4.78, 5) is 18.4. The first-order valence-corrected chi connectivity index (χ1v) is 12.6. The van der Waals surface area contributed by atoms with Crippen molar-refractivity contribution in [2.24, 2.45) is 11.8 Å². The summed E-state index contributed by atoms with van der Waals surface area (Å²) in [5.41, 5.74) is 0. The van der Waals surface area contributed by atoms with Gasteiger partial charge in [-0.2, -0.15) is 0 Å². The van der Waals surface area contributed by atoms with E-state index in [4.69, 9.17) is 4.31 Å². The third kappa shape index (κ3) is 11.5. The van der Waals surface area contributed by atoms with E-state index in [2.05, 4.69) is 13.8 Å². The molecule has 0 rings (SSSR count). The van der Waals surface area contributed by atoms with Gasteiger partial charge in [0.15, 0.2) is 0 Å². The number of unbranched alkanes of at least 4 members (excludes halogenated alkanes) is 2. The summed E-state index contributed by atoms with van der Waals surface area (Å²) < 4.78 is 29.4. The Morgan fingerprint density at radius 2 is 1.22 bits per heavy atom. The smallest absolute Gasteiger partial charge is 0.302 e. The summed E-state index contributed by atoms with van der Waals surface area (Å²) >= 11 is 0. The first-order valence-electron chi connectivity index (χ1n) is 9.04. The number of phosphoric acid groups is 1. The van der Waals surface area contributed by atoms with Gasteiger partial charge in [-0.25, -0.2) is 8.88 Å². The predicted molar refractivity (Wildman–Crippen MR) is 97.1 cm³/mol. The van der Waals surface area contributed by atoms with E-state index in [9.17, 15) is 18.9 Å². The molecule has 0 heterocycles. The molecule has 0 aromatic carbocycles. The van der Waals surface area contributed by atoms with E-state index in [1.165, 1.54) is 0 Å². The summed E-state index contributed by atoms with van der Waals surface area (Å²) in [5, 5.41) is 0. The van der Waals surface area contributed by atoms with Crippen LogP contribution in [0.1, 0.15) is 79.1 Å². The van der Waals surface area contributed by atoms with Crippen molar-refractivity contribution in [3.05, 3.63) is 0 Å². The lowest BCUT2D eigenvalue weighted by molar-refractivity contribution is 0.279. The van der Waals surface area contributed by atoms with Crippen molar-refractivity contribution < 1.29 is 23.2 Å². The molecule has 0 aliphatic rings. The van der Waals surface area contributed by atoms with Crippen molar-refractivity contribution in [3.8, 4) is 0 Å². The monoisotopic (exact) mass is 370 g/mol. The molecule has 0 fully saturated rings. The molecule has 2 atom stereocenters. The summed E-state index contributed by atoms with van der Waals surface area (Å²) in [6.45, 7) is 8.29. The lowest BCUT2D eigenvalue weighted by Crippen LogP contribution is -2.14. The summed E-state index contributed by atoms with van der Waals surface area (Å²) in [6.07, 6.45) is 8.39. The number of hydrogen-bond acceptors (Lipinski definition) is 3. The highest BCUT2D eigenvalue weighted by Gasteiger charge is 2.36. The van der Waals surface area contributed by atoms with Crippen LogP contribution < -0.4 is 0 Å². The van der Waals surface area contributed by atoms with Gasteiger partial charge in [0.1, 0.15) is 0 Å². The molecular formula is C16H36O5P2. The lowest BCUT2D eigenvalue weighted by atomic mass is 10.0. The Morgan fingerprint density at radius 1 is 0.826 bits per heavy atom. The topological polar surface area (TPSA) is 83.8 Å². The first kappa shape index (κ1) is 23.3. The Labute approximate surface area is 142 Å². The molecule has 0 aliphatic carbocycles. The Bertz CT molecular complexity index is 372. The Balaban J connectivity index is 5.06. The highest BCUT2D eigenvalue weighted by atomic mass is 31.3. The molecule has 2 N–H and O–H groups in total. The fourth-order valence-corrected chi connectivity index (χ4v) is 7.64. The predicted octanol–water partition coefficient (Wildman–Crippen LogP) is 5.81. The Morgan fingerprint density at radius 3 is 1.48 bits per heavy atom. The summed E-state index contributed by atoms with van der Waals surface area (Å²) in [6, 6.07) is 0. The third-order valence-electron chi connectivity index (χ3n) is 4.41. The molecule has 0 saturated heterocycles. The van der Waals surface area contributed by atoms with Crippen molar-refractivity contribution in [2.75, 3.05) is 12.3 Å². The minimum atomic E-state index is -4.74. The maximum atomic E-state index is 13.2. The van der Waals surface area contributed by atoms with Gasteiger partial charge in [0, 0.05) is 12.3 Å². The van der Waals surface area contributed by atoms with Crippen LogP contribution in [0.25, 0.3) is 0 Å². The van der Waals surface area contributed by atoms with Crippen LogP contribution in [0.5, 0.6) is 0 Å². The van der Waals surface area contributed by atoms with Crippen LogP contribution in [-0.4, -0.2) is 22.1 Å². The van der Waals surface area contributed by atoms with Crippen LogP contribution in [0, 0.1) is 11.8 Å². The molecule has 0 aliphatic heterocycles. The van der Waals surface area contributed by atoms with E-state index in [1.807, 2.05) is 13.8 Å². The van der Waals surface area contributed by atoms with E-state index >= 15 is 0 Å². The second-order valence-electron chi connectivity index (χ2n) is 6.58. The SMILES string of the molecule is CCCCC(CC)CP(=O)(CC(CC)CCCC)OP(=O)(O)O. The van der Waals surface area contributed by atoms with Gasteiger partial charge in [-0.3, -0.25) is 4.57 Å². The quantitative estimate of drug-likeness (QED) is 0.377. The number of hydrogen-bond donors (Lipinski definition) is 2. The maximum absolute atomic E-state index is 13.2. The molecule has 23 heavy (non-hydrogen) atoms. The van der Waals surface area contributed by atoms with E-state index in [1.54, 1.807) is 0 Å². The zero-order valence-corrected chi connectivity index (χ0v) is 17.0. The molecule has 0 amide bonds. The van der Waals surface area contributed by atoms with E-state index in [-0.39, 0.29) is 24.2 Å². The molecule has 0 aromatic rings. The molecule has 140 valence electrons. The van der Waals surface area contributed by atoms with Crippen LogP contribution in [0.4, 0.5) is 0 Å². The van der Waals surface area contributed by atoms with Crippen molar-refractivity contribution in [2.45, 2.75) is 79.1 Å². The second kappa shape index (κ2) is 11.8. The zero-order valence-electron chi connectivity index (χ0n) is 15.2. The van der Waals surface area contributed by atoms with Gasteiger partial charge >= 0.3 is 7.82 Å². The number of rotatable bonds is 14. The average molecular weight is 370 g/mol. The van der Waals surface area contributed by atoms with Crippen LogP contribution in [0.15, 0.2) is 0 Å². The zero-order chi connectivity index (χ0) is 17.9. The Kier molecular flexibility index (Phi) is 12.0. The molecule has 0 saturated carbocycles. The molecule has 7 heteroatoms. The van der Waals surface area contributed by atoms with Gasteiger partial charge in [-0.15, -0.1) is 0 Å². The minimum Gasteiger partial charge on any atom is -0.302 e. The second-order valence-corrected chi connectivity index (χ2v) is 10.6. The van der Waals surface area contributed by atoms with Crippen molar-refractivity contribution in [3.63, 3.8) is 0 Å². The van der Waals surface area contributed by atoms with E-state index in [0.717, 1.165) is 51.4 Å². The van der Waals surface area contributed by atoms with Gasteiger partial charge in [0.25, 0.3) is 0 Å². The van der Waals surface area contributed by atoms with Gasteiger partial charge in [0.05, 0.1) is 0 Å². The van der Waals surface area contributed by atoms with Crippen LogP contribution in [0.2, 0.25) is 0 Å². The van der Waals surface area contributed by atoms with Gasteiger partial charge < -0.3 is 9.79 Å². The van der Waals surface area contributed by atoms with E-state index in [0.29, 0.717) is 0 Å². The van der Waals surface area contributed by atoms with Gasteiger partial charge in [-0.05, 0) is 24.7 Å². The van der Waals surface area contributed by atoms with Crippen LogP contribution >= 0.6 is 15.2 Å². The standard InChI is InChI=1S/C16H36O5P2/c1-5-9-11-15(7-3)13-22(17,21-23(18,19)20)14-16(8-4)12-10-6-2/h15-16H,5-14H2,1-4H3,(H2,18,19,20). The summed E-state index contributed by atoms with van der Waals surface area (Å²) in [7, 11) is -8.07. The fraction of sp³-hybridized carbons (Fsp3) is 1.00. The molecule has 0 aromatic heterocycles. The largest absolute Gasteiger partial charge is 0.475 e. The molecule has 0 bridgehead atoms. The normalized spacial score (nSPS) is 17.7. The van der Waals surface area contributed by atoms with Crippen LogP contribution in [-0.2, 0) is 13.4 Å². The fourth-order valence-electron chi connectivity index (χ4n) is 2.96. The van der Waals surface area contributed by atoms with Crippen LogP contribution in [0.3, 0.4) is 0 Å². The van der Waals surface area contributed by atoms with E-state index < -0.39 is 15.2 Å². The van der Waals surface area contributed by atoms with Crippen molar-refractivity contribution >= 4 is 15.2 Å². The summed E-state index contributed by atoms with van der Waals surface area (Å²) in [5.74, 6) is 0.409.